The number of ether oxygens (including phenoxy) is 3. The van der Waals surface area contributed by atoms with Crippen molar-refractivity contribution in [1.82, 2.24) is 9.80 Å². The molecule has 2 aliphatic heterocycles. The average molecular weight is 389 g/mol. The Bertz CT molecular complexity index is 727. The fraction of sp³-hybridized carbons (Fsp3) is 0.600. The van der Waals surface area contributed by atoms with Crippen LogP contribution < -0.4 is 14.8 Å². The molecule has 0 radical (unpaired) electrons. The highest BCUT2D eigenvalue weighted by Gasteiger charge is 2.37. The maximum atomic E-state index is 13.2. The molecule has 1 aromatic rings. The predicted octanol–water partition coefficient (Wildman–Crippen LogP) is 2.30. The lowest BCUT2D eigenvalue weighted by Gasteiger charge is -2.40. The van der Waals surface area contributed by atoms with Crippen LogP contribution in [0, 0.1) is 5.92 Å². The molecular formula is C20H27N3O5. The van der Waals surface area contributed by atoms with Crippen LogP contribution in [0.4, 0.5) is 10.5 Å². The zero-order chi connectivity index (χ0) is 19.5. The maximum Gasteiger partial charge on any atom is 0.409 e. The SMILES string of the molecule is COC(=O)N1CCN(C(C(=O)Nc2ccc3c(c2)OCO3)C2CCCC2)CC1. The molecule has 4 rings (SSSR count). The van der Waals surface area contributed by atoms with Crippen molar-refractivity contribution in [3.63, 3.8) is 0 Å². The van der Waals surface area contributed by atoms with Crippen LogP contribution in [0.1, 0.15) is 25.7 Å². The van der Waals surface area contributed by atoms with E-state index in [1.54, 1.807) is 11.0 Å². The summed E-state index contributed by atoms with van der Waals surface area (Å²) in [6.07, 6.45) is 4.16. The number of benzene rings is 1. The number of amides is 2. The lowest BCUT2D eigenvalue weighted by molar-refractivity contribution is -0.124. The van der Waals surface area contributed by atoms with Gasteiger partial charge in [-0.3, -0.25) is 9.69 Å². The molecule has 2 fully saturated rings. The lowest BCUT2D eigenvalue weighted by atomic mass is 9.95. The molecule has 1 saturated heterocycles. The van der Waals surface area contributed by atoms with Crippen LogP contribution in [0.2, 0.25) is 0 Å². The molecule has 8 heteroatoms. The minimum Gasteiger partial charge on any atom is -0.454 e. The summed E-state index contributed by atoms with van der Waals surface area (Å²) in [4.78, 5) is 28.9. The number of fused-ring (bicyclic) bond motifs is 1. The van der Waals surface area contributed by atoms with Crippen LogP contribution in [0.25, 0.3) is 0 Å². The summed E-state index contributed by atoms with van der Waals surface area (Å²) in [6.45, 7) is 2.71. The molecule has 1 unspecified atom stereocenters. The summed E-state index contributed by atoms with van der Waals surface area (Å²) in [5, 5.41) is 3.07. The van der Waals surface area contributed by atoms with Crippen LogP contribution in [0.15, 0.2) is 18.2 Å². The van der Waals surface area contributed by atoms with Crippen LogP contribution in [0.3, 0.4) is 0 Å². The monoisotopic (exact) mass is 389 g/mol. The molecule has 0 bridgehead atoms. The Morgan fingerprint density at radius 1 is 1.11 bits per heavy atom. The lowest BCUT2D eigenvalue weighted by Crippen LogP contribution is -2.56. The van der Waals surface area contributed by atoms with Crippen LogP contribution in [-0.2, 0) is 9.53 Å². The first kappa shape index (κ1) is 18.9. The molecule has 1 aliphatic carbocycles. The van der Waals surface area contributed by atoms with E-state index >= 15 is 0 Å². The molecule has 2 amide bonds. The van der Waals surface area contributed by atoms with Gasteiger partial charge in [-0.2, -0.15) is 0 Å². The Balaban J connectivity index is 1.45. The first-order chi connectivity index (χ1) is 13.7. The smallest absolute Gasteiger partial charge is 0.409 e. The normalized spacial score (nSPS) is 20.8. The number of hydrogen-bond donors (Lipinski definition) is 1. The Morgan fingerprint density at radius 2 is 1.82 bits per heavy atom. The van der Waals surface area contributed by atoms with Crippen LogP contribution >= 0.6 is 0 Å². The van der Waals surface area contributed by atoms with E-state index in [0.717, 1.165) is 12.8 Å². The summed E-state index contributed by atoms with van der Waals surface area (Å²) in [5.74, 6) is 1.71. The van der Waals surface area contributed by atoms with Crippen LogP contribution in [0.5, 0.6) is 11.5 Å². The number of carbonyl (C=O) groups excluding carboxylic acids is 2. The largest absolute Gasteiger partial charge is 0.454 e. The van der Waals surface area contributed by atoms with Gasteiger partial charge in [0, 0.05) is 37.9 Å². The van der Waals surface area contributed by atoms with Crippen LogP contribution in [-0.4, -0.2) is 67.9 Å². The van der Waals surface area contributed by atoms with E-state index in [1.807, 2.05) is 12.1 Å². The molecule has 0 spiro atoms. The molecule has 1 saturated carbocycles. The van der Waals surface area contributed by atoms with Gasteiger partial charge in [-0.05, 0) is 30.9 Å². The maximum absolute atomic E-state index is 13.2. The fourth-order valence-electron chi connectivity index (χ4n) is 4.45. The number of carbonyl (C=O) groups is 2. The highest BCUT2D eigenvalue weighted by molar-refractivity contribution is 5.95. The summed E-state index contributed by atoms with van der Waals surface area (Å²) in [5.41, 5.74) is 0.713. The highest BCUT2D eigenvalue weighted by atomic mass is 16.7. The summed E-state index contributed by atoms with van der Waals surface area (Å²) in [6, 6.07) is 5.28. The standard InChI is InChI=1S/C20H27N3O5/c1-26-20(25)23-10-8-22(9-11-23)18(14-4-2-3-5-14)19(24)21-15-6-7-16-17(12-15)28-13-27-16/h6-7,12,14,18H,2-5,8-11,13H2,1H3,(H,21,24). The first-order valence-electron chi connectivity index (χ1n) is 9.93. The van der Waals surface area contributed by atoms with Crippen molar-refractivity contribution in [2.45, 2.75) is 31.7 Å². The molecule has 0 aromatic heterocycles. The van der Waals surface area contributed by atoms with Gasteiger partial charge < -0.3 is 24.4 Å². The van der Waals surface area contributed by atoms with E-state index in [4.69, 9.17) is 14.2 Å². The first-order valence-corrected chi connectivity index (χ1v) is 9.93. The molecule has 1 atom stereocenters. The number of nitrogens with one attached hydrogen (secondary N) is 1. The topological polar surface area (TPSA) is 80.3 Å². The zero-order valence-electron chi connectivity index (χ0n) is 16.2. The van der Waals surface area contributed by atoms with Crippen molar-refractivity contribution >= 4 is 17.7 Å². The van der Waals surface area contributed by atoms with E-state index in [0.29, 0.717) is 49.3 Å². The van der Waals surface area contributed by atoms with Gasteiger partial charge >= 0.3 is 6.09 Å². The zero-order valence-corrected chi connectivity index (χ0v) is 16.2. The van der Waals surface area contributed by atoms with Crippen molar-refractivity contribution in [2.24, 2.45) is 5.92 Å². The fourth-order valence-corrected chi connectivity index (χ4v) is 4.45. The number of methoxy groups -OCH3 is 1. The second-order valence-corrected chi connectivity index (χ2v) is 7.54. The van der Waals surface area contributed by atoms with Gasteiger partial charge in [-0.1, -0.05) is 12.8 Å². The minimum absolute atomic E-state index is 0.0114. The number of anilines is 1. The molecule has 1 N–H and O–H groups in total. The summed E-state index contributed by atoms with van der Waals surface area (Å²) < 4.78 is 15.6. The van der Waals surface area contributed by atoms with Gasteiger partial charge in [0.15, 0.2) is 11.5 Å². The van der Waals surface area contributed by atoms with Gasteiger partial charge in [0.05, 0.1) is 13.2 Å². The quantitative estimate of drug-likeness (QED) is 0.851. The van der Waals surface area contributed by atoms with Gasteiger partial charge in [0.2, 0.25) is 12.7 Å². The average Bonchev–Trinajstić information content (AvgIpc) is 3.40. The predicted molar refractivity (Wildman–Crippen MR) is 102 cm³/mol. The Labute approximate surface area is 164 Å². The Morgan fingerprint density at radius 3 is 2.54 bits per heavy atom. The molecule has 2 heterocycles. The summed E-state index contributed by atoms with van der Waals surface area (Å²) >= 11 is 0. The van der Waals surface area contributed by atoms with E-state index in [2.05, 4.69) is 10.2 Å². The van der Waals surface area contributed by atoms with E-state index in [9.17, 15) is 9.59 Å². The third-order valence-corrected chi connectivity index (χ3v) is 5.90. The van der Waals surface area contributed by atoms with E-state index in [1.165, 1.54) is 20.0 Å². The molecule has 8 nitrogen and oxygen atoms in total. The third-order valence-electron chi connectivity index (χ3n) is 5.90. The van der Waals surface area contributed by atoms with Gasteiger partial charge in [-0.15, -0.1) is 0 Å². The Kier molecular flexibility index (Phi) is 5.57. The second-order valence-electron chi connectivity index (χ2n) is 7.54. The molecule has 152 valence electrons. The number of hydrogen-bond acceptors (Lipinski definition) is 6. The van der Waals surface area contributed by atoms with Crippen molar-refractivity contribution in [2.75, 3.05) is 45.4 Å². The van der Waals surface area contributed by atoms with Gasteiger partial charge in [0.1, 0.15) is 0 Å². The highest BCUT2D eigenvalue weighted by Crippen LogP contribution is 2.35. The minimum atomic E-state index is -0.304. The van der Waals surface area contributed by atoms with Gasteiger partial charge in [0.25, 0.3) is 0 Å². The number of nitrogens with zero attached hydrogens (tertiary/aromatic N) is 2. The molecule has 3 aliphatic rings. The Hall–Kier alpha value is -2.48. The summed E-state index contributed by atoms with van der Waals surface area (Å²) in [7, 11) is 1.40. The van der Waals surface area contributed by atoms with Crippen molar-refractivity contribution < 1.29 is 23.8 Å². The second kappa shape index (κ2) is 8.26. The van der Waals surface area contributed by atoms with Crippen molar-refractivity contribution in [3.05, 3.63) is 18.2 Å². The number of rotatable bonds is 4. The number of piperazine rings is 1. The molecule has 1 aromatic carbocycles. The molecule has 28 heavy (non-hydrogen) atoms. The van der Waals surface area contributed by atoms with E-state index in [-0.39, 0.29) is 24.8 Å². The third kappa shape index (κ3) is 3.87. The van der Waals surface area contributed by atoms with Crippen molar-refractivity contribution in [3.8, 4) is 11.5 Å². The van der Waals surface area contributed by atoms with Crippen molar-refractivity contribution in [1.29, 1.82) is 0 Å². The van der Waals surface area contributed by atoms with Gasteiger partial charge in [-0.25, -0.2) is 4.79 Å². The molecular weight excluding hydrogens is 362 g/mol. The van der Waals surface area contributed by atoms with E-state index < -0.39 is 0 Å².